The number of nitrogens with zero attached hydrogens (tertiary/aromatic N) is 1. The first-order chi connectivity index (χ1) is 9.08. The summed E-state index contributed by atoms with van der Waals surface area (Å²) in [5.74, 6) is 0.154. The van der Waals surface area contributed by atoms with Crippen molar-refractivity contribution in [2.75, 3.05) is 5.75 Å². The summed E-state index contributed by atoms with van der Waals surface area (Å²) in [5.41, 5.74) is 1.08. The Kier molecular flexibility index (Phi) is 4.10. The molecule has 1 aliphatic heterocycles. The minimum absolute atomic E-state index is 0.0456. The molecule has 6 heteroatoms. The molecule has 2 unspecified atom stereocenters. The zero-order valence-electron chi connectivity index (χ0n) is 12.6. The van der Waals surface area contributed by atoms with Crippen LogP contribution in [0.2, 0.25) is 0 Å². The number of rotatable bonds is 3. The normalized spacial score (nSPS) is 23.1. The molecule has 20 heavy (non-hydrogen) atoms. The summed E-state index contributed by atoms with van der Waals surface area (Å²) in [7, 11) is -3.01. The highest BCUT2D eigenvalue weighted by atomic mass is 32.2. The highest BCUT2D eigenvalue weighted by molar-refractivity contribution is 7.94. The lowest BCUT2D eigenvalue weighted by Crippen LogP contribution is -2.32. The fourth-order valence-electron chi connectivity index (χ4n) is 2.21. The molecular weight excluding hydrogens is 292 g/mol. The number of hydrogen-bond acceptors (Lipinski definition) is 5. The first-order valence-electron chi connectivity index (χ1n) is 6.73. The van der Waals surface area contributed by atoms with Crippen molar-refractivity contribution in [2.45, 2.75) is 52.1 Å². The number of nitrogens with one attached hydrogen (secondary N) is 1. The molecule has 0 saturated heterocycles. The van der Waals surface area contributed by atoms with E-state index in [9.17, 15) is 8.42 Å². The molecule has 1 N–H and O–H groups in total. The molecule has 0 radical (unpaired) electrons. The summed E-state index contributed by atoms with van der Waals surface area (Å²) in [6, 6.07) is 0.00105. The molecule has 112 valence electrons. The Morgan fingerprint density at radius 2 is 2.10 bits per heavy atom. The predicted octanol–water partition coefficient (Wildman–Crippen LogP) is 2.71. The fourth-order valence-corrected chi connectivity index (χ4v) is 4.59. The zero-order valence-corrected chi connectivity index (χ0v) is 14.2. The van der Waals surface area contributed by atoms with Crippen molar-refractivity contribution < 1.29 is 8.42 Å². The Hall–Kier alpha value is -0.720. The van der Waals surface area contributed by atoms with Gasteiger partial charge in [0.1, 0.15) is 0 Å². The van der Waals surface area contributed by atoms with E-state index in [1.165, 1.54) is 10.3 Å². The molecule has 1 aromatic rings. The summed E-state index contributed by atoms with van der Waals surface area (Å²) >= 11 is 1.71. The minimum atomic E-state index is -3.01. The van der Waals surface area contributed by atoms with E-state index < -0.39 is 9.84 Å². The Balaban J connectivity index is 2.12. The molecule has 0 spiro atoms. The molecular formula is C14H22N2O2S2. The van der Waals surface area contributed by atoms with Gasteiger partial charge in [0, 0.05) is 27.8 Å². The third kappa shape index (κ3) is 3.48. The molecule has 2 atom stereocenters. The summed E-state index contributed by atoms with van der Waals surface area (Å²) in [4.78, 5) is 5.84. The standard InChI is InChI=1S/C14H22N2O2S2/c1-9(15-11-6-7-20(17,18)8-11)12-10(2)16-13(19-12)14(3,4)5/h6-7,9,11,15H,8H2,1-5H3. The maximum atomic E-state index is 11.4. The lowest BCUT2D eigenvalue weighted by molar-refractivity contribution is 0.538. The molecule has 0 fully saturated rings. The highest BCUT2D eigenvalue weighted by Gasteiger charge is 2.26. The van der Waals surface area contributed by atoms with E-state index in [0.29, 0.717) is 0 Å². The topological polar surface area (TPSA) is 59.1 Å². The van der Waals surface area contributed by atoms with Gasteiger partial charge in [-0.25, -0.2) is 13.4 Å². The third-order valence-electron chi connectivity index (χ3n) is 3.26. The Bertz CT molecular complexity index is 624. The van der Waals surface area contributed by atoms with Crippen molar-refractivity contribution in [3.8, 4) is 0 Å². The summed E-state index contributed by atoms with van der Waals surface area (Å²) in [6.07, 6.45) is 1.73. The van der Waals surface area contributed by atoms with Gasteiger partial charge in [0.25, 0.3) is 0 Å². The molecule has 0 bridgehead atoms. The molecule has 2 rings (SSSR count). The number of sulfone groups is 1. The van der Waals surface area contributed by atoms with Crippen molar-refractivity contribution in [3.63, 3.8) is 0 Å². The van der Waals surface area contributed by atoms with Crippen LogP contribution in [0.15, 0.2) is 11.5 Å². The van der Waals surface area contributed by atoms with E-state index in [0.717, 1.165) is 10.7 Å². The first-order valence-corrected chi connectivity index (χ1v) is 9.26. The van der Waals surface area contributed by atoms with Crippen molar-refractivity contribution in [1.29, 1.82) is 0 Å². The van der Waals surface area contributed by atoms with Gasteiger partial charge in [0.15, 0.2) is 9.84 Å². The molecule has 0 aromatic carbocycles. The van der Waals surface area contributed by atoms with Crippen LogP contribution < -0.4 is 5.32 Å². The Morgan fingerprint density at radius 3 is 2.55 bits per heavy atom. The number of aromatic nitrogens is 1. The average Bonchev–Trinajstić information content (AvgIpc) is 2.81. The Morgan fingerprint density at radius 1 is 1.45 bits per heavy atom. The fraction of sp³-hybridized carbons (Fsp3) is 0.643. The number of hydrogen-bond donors (Lipinski definition) is 1. The largest absolute Gasteiger partial charge is 0.302 e. The van der Waals surface area contributed by atoms with Crippen molar-refractivity contribution in [3.05, 3.63) is 27.1 Å². The quantitative estimate of drug-likeness (QED) is 0.932. The van der Waals surface area contributed by atoms with E-state index in [1.807, 2.05) is 6.92 Å². The lowest BCUT2D eigenvalue weighted by Gasteiger charge is -2.17. The second-order valence-corrected chi connectivity index (χ2v) is 9.33. The molecule has 0 aliphatic carbocycles. The average molecular weight is 314 g/mol. The van der Waals surface area contributed by atoms with E-state index in [2.05, 4.69) is 38.0 Å². The van der Waals surface area contributed by atoms with Gasteiger partial charge in [-0.05, 0) is 13.8 Å². The summed E-state index contributed by atoms with van der Waals surface area (Å²) in [5, 5.41) is 5.78. The van der Waals surface area contributed by atoms with E-state index in [1.54, 1.807) is 17.4 Å². The SMILES string of the molecule is Cc1nc(C(C)(C)C)sc1C(C)NC1C=CS(=O)(=O)C1. The van der Waals surface area contributed by atoms with Crippen molar-refractivity contribution in [1.82, 2.24) is 10.3 Å². The van der Waals surface area contributed by atoms with Gasteiger partial charge < -0.3 is 5.32 Å². The van der Waals surface area contributed by atoms with Crippen molar-refractivity contribution >= 4 is 21.2 Å². The van der Waals surface area contributed by atoms with Crippen LogP contribution in [0.1, 0.15) is 49.3 Å². The minimum Gasteiger partial charge on any atom is -0.302 e. The predicted molar refractivity (Wildman–Crippen MR) is 83.8 cm³/mol. The Labute approximate surface area is 125 Å². The van der Waals surface area contributed by atoms with Crippen LogP contribution in [-0.2, 0) is 15.3 Å². The zero-order chi connectivity index (χ0) is 15.1. The molecule has 4 nitrogen and oxygen atoms in total. The van der Waals surface area contributed by atoms with Crippen LogP contribution in [-0.4, -0.2) is 25.2 Å². The summed E-state index contributed by atoms with van der Waals surface area (Å²) in [6.45, 7) is 10.5. The van der Waals surface area contributed by atoms with Gasteiger partial charge in [-0.15, -0.1) is 11.3 Å². The smallest absolute Gasteiger partial charge is 0.173 e. The van der Waals surface area contributed by atoms with Gasteiger partial charge in [-0.3, -0.25) is 0 Å². The molecule has 2 heterocycles. The second kappa shape index (κ2) is 5.24. The lowest BCUT2D eigenvalue weighted by atomic mass is 9.98. The van der Waals surface area contributed by atoms with E-state index >= 15 is 0 Å². The van der Waals surface area contributed by atoms with Crippen LogP contribution in [0.3, 0.4) is 0 Å². The van der Waals surface area contributed by atoms with E-state index in [-0.39, 0.29) is 23.3 Å². The number of thiazole rings is 1. The van der Waals surface area contributed by atoms with Gasteiger partial charge in [0.2, 0.25) is 0 Å². The van der Waals surface area contributed by atoms with E-state index in [4.69, 9.17) is 0 Å². The van der Waals surface area contributed by atoms with Crippen LogP contribution in [0.5, 0.6) is 0 Å². The monoisotopic (exact) mass is 314 g/mol. The van der Waals surface area contributed by atoms with Gasteiger partial charge in [-0.2, -0.15) is 0 Å². The highest BCUT2D eigenvalue weighted by Crippen LogP contribution is 2.32. The number of aryl methyl sites for hydroxylation is 1. The van der Waals surface area contributed by atoms with Gasteiger partial charge in [0.05, 0.1) is 16.5 Å². The summed E-state index contributed by atoms with van der Waals surface area (Å²) < 4.78 is 22.8. The second-order valence-electron chi connectivity index (χ2n) is 6.37. The molecule has 1 aliphatic rings. The van der Waals surface area contributed by atoms with Crippen LogP contribution in [0.25, 0.3) is 0 Å². The van der Waals surface area contributed by atoms with Crippen LogP contribution in [0.4, 0.5) is 0 Å². The van der Waals surface area contributed by atoms with Gasteiger partial charge >= 0.3 is 0 Å². The van der Waals surface area contributed by atoms with Crippen LogP contribution in [0, 0.1) is 6.92 Å². The third-order valence-corrected chi connectivity index (χ3v) is 6.42. The maximum Gasteiger partial charge on any atom is 0.173 e. The molecule has 1 aromatic heterocycles. The van der Waals surface area contributed by atoms with Crippen molar-refractivity contribution in [2.24, 2.45) is 0 Å². The van der Waals surface area contributed by atoms with Gasteiger partial charge in [-0.1, -0.05) is 26.8 Å². The maximum absolute atomic E-state index is 11.4. The van der Waals surface area contributed by atoms with Crippen LogP contribution >= 0.6 is 11.3 Å². The molecule has 0 amide bonds. The molecule has 0 saturated carbocycles. The first kappa shape index (κ1) is 15.7.